The first-order valence-corrected chi connectivity index (χ1v) is 9.17. The zero-order valence-electron chi connectivity index (χ0n) is 14.1. The molecule has 0 aliphatic carbocycles. The highest BCUT2D eigenvalue weighted by Gasteiger charge is 2.33. The van der Waals surface area contributed by atoms with Crippen LogP contribution < -0.4 is 5.32 Å². The molecule has 2 rings (SSSR count). The van der Waals surface area contributed by atoms with Crippen LogP contribution in [0.15, 0.2) is 34.1 Å². The molecule has 0 aliphatic rings. The number of hydrogen-bond donors (Lipinski definition) is 1. The summed E-state index contributed by atoms with van der Waals surface area (Å²) in [5.41, 5.74) is -2.31. The number of carbonyl (C=O) groups is 2. The molecule has 0 saturated heterocycles. The number of esters is 1. The fraction of sp³-hybridized carbons (Fsp3) is 0.250. The van der Waals surface area contributed by atoms with Crippen molar-refractivity contribution < 1.29 is 32.4 Å². The second-order valence-electron chi connectivity index (χ2n) is 5.49. The van der Waals surface area contributed by atoms with E-state index >= 15 is 0 Å². The zero-order valence-corrected chi connectivity index (χ0v) is 16.5. The molecule has 0 fully saturated rings. The van der Waals surface area contributed by atoms with Gasteiger partial charge in [-0.2, -0.15) is 13.2 Å². The molecule has 2 aromatic rings. The van der Waals surface area contributed by atoms with Crippen LogP contribution in [0, 0.1) is 10.1 Å². The third-order valence-electron chi connectivity index (χ3n) is 3.44. The summed E-state index contributed by atoms with van der Waals surface area (Å²) in [5, 5.41) is 13.5. The summed E-state index contributed by atoms with van der Waals surface area (Å²) in [6.07, 6.45) is -4.75. The Morgan fingerprint density at radius 3 is 2.54 bits per heavy atom. The average Bonchev–Trinajstić information content (AvgIpc) is 3.04. The first-order valence-electron chi connectivity index (χ1n) is 7.56. The number of nitro benzene ring substituents is 1. The second kappa shape index (κ2) is 8.69. The van der Waals surface area contributed by atoms with Gasteiger partial charge in [0.05, 0.1) is 19.2 Å². The number of nitro groups is 1. The van der Waals surface area contributed by atoms with Crippen LogP contribution in [0.3, 0.4) is 0 Å². The van der Waals surface area contributed by atoms with Crippen LogP contribution in [0.4, 0.5) is 24.5 Å². The van der Waals surface area contributed by atoms with Crippen molar-refractivity contribution in [3.05, 3.63) is 54.7 Å². The van der Waals surface area contributed by atoms with Gasteiger partial charge in [-0.05, 0) is 47.1 Å². The van der Waals surface area contributed by atoms with Gasteiger partial charge in [0, 0.05) is 6.07 Å². The van der Waals surface area contributed by atoms with Gasteiger partial charge in [0.15, 0.2) is 6.61 Å². The summed E-state index contributed by atoms with van der Waals surface area (Å²) >= 11 is 4.36. The summed E-state index contributed by atoms with van der Waals surface area (Å²) in [6, 6.07) is 3.97. The van der Waals surface area contributed by atoms with Crippen LogP contribution in [-0.4, -0.2) is 29.3 Å². The molecule has 150 valence electrons. The lowest BCUT2D eigenvalue weighted by Crippen LogP contribution is -2.30. The topological polar surface area (TPSA) is 98.5 Å². The fourth-order valence-electron chi connectivity index (χ4n) is 2.07. The van der Waals surface area contributed by atoms with E-state index in [9.17, 15) is 32.9 Å². The number of carbonyl (C=O) groups excluding carboxylic acids is 2. The Kier molecular flexibility index (Phi) is 6.77. The van der Waals surface area contributed by atoms with E-state index < -0.39 is 46.8 Å². The first kappa shape index (κ1) is 21.8. The van der Waals surface area contributed by atoms with Crippen molar-refractivity contribution in [2.75, 3.05) is 11.9 Å². The Morgan fingerprint density at radius 2 is 2.00 bits per heavy atom. The standard InChI is InChI=1S/C16H12BrF3N2O5S/c1-8(15(24)27-7-12(23)13-4-5-14(17)28-13)21-10-3-2-9(16(18,19)20)6-11(10)22(25)26/h2-6,8,21H,7H2,1H3/t8-/m0/s1. The van der Waals surface area contributed by atoms with E-state index in [0.29, 0.717) is 17.0 Å². The summed E-state index contributed by atoms with van der Waals surface area (Å²) in [5.74, 6) is -1.32. The van der Waals surface area contributed by atoms with Crippen molar-refractivity contribution in [3.63, 3.8) is 0 Å². The molecule has 1 aromatic carbocycles. The van der Waals surface area contributed by atoms with Gasteiger partial charge in [-0.1, -0.05) is 0 Å². The Hall–Kier alpha value is -2.47. The normalized spacial score (nSPS) is 12.3. The molecule has 28 heavy (non-hydrogen) atoms. The van der Waals surface area contributed by atoms with Crippen LogP contribution in [0.25, 0.3) is 0 Å². The molecule has 1 aromatic heterocycles. The third-order valence-corrected chi connectivity index (χ3v) is 5.11. The van der Waals surface area contributed by atoms with E-state index in [1.807, 2.05) is 0 Å². The SMILES string of the molecule is C[C@H](Nc1ccc(C(F)(F)F)cc1[N+](=O)[O-])C(=O)OCC(=O)c1ccc(Br)s1. The van der Waals surface area contributed by atoms with Gasteiger partial charge in [0.2, 0.25) is 5.78 Å². The average molecular weight is 481 g/mol. The van der Waals surface area contributed by atoms with Crippen molar-refractivity contribution in [1.29, 1.82) is 0 Å². The maximum Gasteiger partial charge on any atom is 0.416 e. The quantitative estimate of drug-likeness (QED) is 0.267. The van der Waals surface area contributed by atoms with Crippen LogP contribution in [-0.2, 0) is 15.7 Å². The summed E-state index contributed by atoms with van der Waals surface area (Å²) in [6.45, 7) is 0.767. The highest BCUT2D eigenvalue weighted by molar-refractivity contribution is 9.11. The third kappa shape index (κ3) is 5.52. The number of nitrogens with zero attached hydrogens (tertiary/aromatic N) is 1. The Bertz CT molecular complexity index is 916. The molecule has 0 aliphatic heterocycles. The molecule has 0 unspecified atom stereocenters. The molecule has 12 heteroatoms. The maximum absolute atomic E-state index is 12.7. The number of Topliss-reactive ketones (excluding diaryl/α,β-unsaturated/α-hetero) is 1. The van der Waals surface area contributed by atoms with Gasteiger partial charge in [0.1, 0.15) is 11.7 Å². The van der Waals surface area contributed by atoms with Gasteiger partial charge < -0.3 is 10.1 Å². The summed E-state index contributed by atoms with van der Waals surface area (Å²) < 4.78 is 43.8. The van der Waals surface area contributed by atoms with Gasteiger partial charge in [-0.3, -0.25) is 14.9 Å². The zero-order chi connectivity index (χ0) is 21.1. The molecule has 0 radical (unpaired) electrons. The van der Waals surface area contributed by atoms with Crippen LogP contribution in [0.2, 0.25) is 0 Å². The Labute approximate surface area is 168 Å². The van der Waals surface area contributed by atoms with Crippen molar-refractivity contribution in [2.24, 2.45) is 0 Å². The maximum atomic E-state index is 12.7. The lowest BCUT2D eigenvalue weighted by molar-refractivity contribution is -0.384. The largest absolute Gasteiger partial charge is 0.456 e. The minimum atomic E-state index is -4.75. The molecule has 1 heterocycles. The second-order valence-corrected chi connectivity index (χ2v) is 7.95. The monoisotopic (exact) mass is 480 g/mol. The van der Waals surface area contributed by atoms with E-state index in [1.165, 1.54) is 6.92 Å². The number of rotatable bonds is 7. The summed E-state index contributed by atoms with van der Waals surface area (Å²) in [4.78, 5) is 34.4. The van der Waals surface area contributed by atoms with Gasteiger partial charge >= 0.3 is 12.1 Å². The van der Waals surface area contributed by atoms with E-state index in [0.717, 1.165) is 21.2 Å². The minimum absolute atomic E-state index is 0.282. The van der Waals surface area contributed by atoms with Crippen molar-refractivity contribution in [2.45, 2.75) is 19.1 Å². The number of halogens is 4. The van der Waals surface area contributed by atoms with Crippen molar-refractivity contribution in [3.8, 4) is 0 Å². The van der Waals surface area contributed by atoms with E-state index in [2.05, 4.69) is 21.2 Å². The van der Waals surface area contributed by atoms with Crippen molar-refractivity contribution >= 4 is 50.4 Å². The van der Waals surface area contributed by atoms with Crippen LogP contribution >= 0.6 is 27.3 Å². The lowest BCUT2D eigenvalue weighted by Gasteiger charge is -2.15. The van der Waals surface area contributed by atoms with Crippen molar-refractivity contribution in [1.82, 2.24) is 0 Å². The lowest BCUT2D eigenvalue weighted by atomic mass is 10.1. The van der Waals surface area contributed by atoms with Gasteiger partial charge in [-0.15, -0.1) is 11.3 Å². The van der Waals surface area contributed by atoms with Crippen LogP contribution in [0.5, 0.6) is 0 Å². The molecular weight excluding hydrogens is 469 g/mol. The van der Waals surface area contributed by atoms with E-state index in [1.54, 1.807) is 12.1 Å². The van der Waals surface area contributed by atoms with Crippen LogP contribution in [0.1, 0.15) is 22.2 Å². The number of thiophene rings is 1. The first-order chi connectivity index (χ1) is 13.0. The number of ether oxygens (including phenoxy) is 1. The number of benzene rings is 1. The molecular formula is C16H12BrF3N2O5S. The minimum Gasteiger partial charge on any atom is -0.456 e. The highest BCUT2D eigenvalue weighted by atomic mass is 79.9. The van der Waals surface area contributed by atoms with E-state index in [4.69, 9.17) is 4.74 Å². The van der Waals surface area contributed by atoms with E-state index in [-0.39, 0.29) is 5.69 Å². The molecule has 1 atom stereocenters. The number of alkyl halides is 3. The number of ketones is 1. The predicted octanol–water partition coefficient (Wildman–Crippen LogP) is 4.66. The fourth-order valence-corrected chi connectivity index (χ4v) is 3.38. The predicted molar refractivity (Wildman–Crippen MR) is 98.5 cm³/mol. The Balaban J connectivity index is 2.05. The molecule has 0 bridgehead atoms. The molecule has 7 nitrogen and oxygen atoms in total. The molecule has 0 spiro atoms. The number of anilines is 1. The number of hydrogen-bond acceptors (Lipinski definition) is 7. The number of nitrogens with one attached hydrogen (secondary N) is 1. The Morgan fingerprint density at radius 1 is 1.32 bits per heavy atom. The smallest absolute Gasteiger partial charge is 0.416 e. The molecule has 0 amide bonds. The highest BCUT2D eigenvalue weighted by Crippen LogP contribution is 2.35. The molecule has 0 saturated carbocycles. The summed E-state index contributed by atoms with van der Waals surface area (Å²) in [7, 11) is 0. The van der Waals surface area contributed by atoms with Gasteiger partial charge in [0.25, 0.3) is 5.69 Å². The van der Waals surface area contributed by atoms with Gasteiger partial charge in [-0.25, -0.2) is 4.79 Å². The molecule has 1 N–H and O–H groups in total.